The van der Waals surface area contributed by atoms with E-state index in [-0.39, 0.29) is 12.3 Å². The molecule has 0 aliphatic carbocycles. The first-order chi connectivity index (χ1) is 14.0. The summed E-state index contributed by atoms with van der Waals surface area (Å²) in [5.41, 5.74) is 3.99. The average molecular weight is 413 g/mol. The van der Waals surface area contributed by atoms with Crippen LogP contribution in [0.15, 0.2) is 60.7 Å². The normalized spacial score (nSPS) is 10.4. The molecule has 0 unspecified atom stereocenters. The Morgan fingerprint density at radius 3 is 2.48 bits per heavy atom. The molecule has 0 radical (unpaired) electrons. The van der Waals surface area contributed by atoms with Gasteiger partial charge < -0.3 is 14.8 Å². The second kappa shape index (κ2) is 9.30. The van der Waals surface area contributed by atoms with Crippen LogP contribution < -0.4 is 14.8 Å². The van der Waals surface area contributed by atoms with Crippen LogP contribution >= 0.6 is 11.6 Å². The number of hydrogen-bond donors (Lipinski definition) is 1. The van der Waals surface area contributed by atoms with Crippen molar-refractivity contribution >= 4 is 23.0 Å². The Morgan fingerprint density at radius 2 is 1.83 bits per heavy atom. The Kier molecular flexibility index (Phi) is 6.57. The number of nitrogens with zero attached hydrogens (tertiary/aromatic N) is 1. The zero-order valence-corrected chi connectivity index (χ0v) is 16.9. The maximum absolute atomic E-state index is 10.7. The van der Waals surface area contributed by atoms with Crippen molar-refractivity contribution in [1.29, 1.82) is 0 Å². The number of anilines is 1. The van der Waals surface area contributed by atoms with E-state index in [0.717, 1.165) is 16.8 Å². The Bertz CT molecular complexity index is 1010. The van der Waals surface area contributed by atoms with Gasteiger partial charge in [-0.15, -0.1) is 0 Å². The molecule has 0 fully saturated rings. The van der Waals surface area contributed by atoms with Gasteiger partial charge in [0, 0.05) is 24.4 Å². The monoisotopic (exact) mass is 412 g/mol. The average Bonchev–Trinajstić information content (AvgIpc) is 2.71. The van der Waals surface area contributed by atoms with Gasteiger partial charge in [-0.1, -0.05) is 23.7 Å². The lowest BCUT2D eigenvalue weighted by Gasteiger charge is -2.15. The highest BCUT2D eigenvalue weighted by molar-refractivity contribution is 6.32. The highest BCUT2D eigenvalue weighted by atomic mass is 35.5. The SMILES string of the molecule is COc1cc(CNc2cccc(C)c2)cc(Cl)c1OCc1ccc([N+](=O)[O-])cc1. The summed E-state index contributed by atoms with van der Waals surface area (Å²) >= 11 is 6.43. The second-order valence-electron chi connectivity index (χ2n) is 6.54. The summed E-state index contributed by atoms with van der Waals surface area (Å²) in [5, 5.41) is 14.5. The number of nitro groups is 1. The lowest BCUT2D eigenvalue weighted by Crippen LogP contribution is -2.03. The minimum absolute atomic E-state index is 0.0369. The van der Waals surface area contributed by atoms with Gasteiger partial charge in [0.1, 0.15) is 6.61 Å². The number of non-ortho nitro benzene ring substituents is 1. The van der Waals surface area contributed by atoms with Gasteiger partial charge in [0.05, 0.1) is 17.1 Å². The predicted octanol–water partition coefficient (Wildman–Crippen LogP) is 5.76. The van der Waals surface area contributed by atoms with Crippen LogP contribution in [0, 0.1) is 17.0 Å². The van der Waals surface area contributed by atoms with E-state index < -0.39 is 4.92 Å². The number of ether oxygens (including phenoxy) is 2. The van der Waals surface area contributed by atoms with Gasteiger partial charge in [0.25, 0.3) is 5.69 Å². The summed E-state index contributed by atoms with van der Waals surface area (Å²) in [6.07, 6.45) is 0. The number of hydrogen-bond acceptors (Lipinski definition) is 5. The van der Waals surface area contributed by atoms with Crippen LogP contribution in [0.25, 0.3) is 0 Å². The van der Waals surface area contributed by atoms with Gasteiger partial charge in [-0.25, -0.2) is 0 Å². The fourth-order valence-corrected chi connectivity index (χ4v) is 3.13. The second-order valence-corrected chi connectivity index (χ2v) is 6.95. The summed E-state index contributed by atoms with van der Waals surface area (Å²) in [4.78, 5) is 10.3. The van der Waals surface area contributed by atoms with Crippen molar-refractivity contribution < 1.29 is 14.4 Å². The number of nitrogens with one attached hydrogen (secondary N) is 1. The molecule has 1 N–H and O–H groups in total. The van der Waals surface area contributed by atoms with Crippen LogP contribution in [0.1, 0.15) is 16.7 Å². The van der Waals surface area contributed by atoms with E-state index in [1.807, 2.05) is 37.3 Å². The van der Waals surface area contributed by atoms with Gasteiger partial charge in [-0.3, -0.25) is 10.1 Å². The van der Waals surface area contributed by atoms with Gasteiger partial charge in [-0.05, 0) is 60.0 Å². The van der Waals surface area contributed by atoms with Crippen molar-refractivity contribution in [3.63, 3.8) is 0 Å². The van der Waals surface area contributed by atoms with E-state index in [4.69, 9.17) is 21.1 Å². The van der Waals surface area contributed by atoms with Crippen molar-refractivity contribution in [3.8, 4) is 11.5 Å². The standard InChI is InChI=1S/C22H21ClN2O4/c1-15-4-3-5-18(10-15)24-13-17-11-20(23)22(21(12-17)28-2)29-14-16-6-8-19(9-7-16)25(26)27/h3-12,24H,13-14H2,1-2H3. The quantitative estimate of drug-likeness (QED) is 0.376. The molecule has 0 saturated heterocycles. The topological polar surface area (TPSA) is 73.6 Å². The van der Waals surface area contributed by atoms with E-state index in [1.54, 1.807) is 19.2 Å². The first kappa shape index (κ1) is 20.5. The molecule has 3 aromatic rings. The number of benzene rings is 3. The highest BCUT2D eigenvalue weighted by Crippen LogP contribution is 2.37. The third kappa shape index (κ3) is 5.39. The molecule has 6 nitrogen and oxygen atoms in total. The number of nitro benzene ring substituents is 1. The predicted molar refractivity (Wildman–Crippen MR) is 114 cm³/mol. The lowest BCUT2D eigenvalue weighted by molar-refractivity contribution is -0.384. The maximum atomic E-state index is 10.7. The molecule has 0 saturated carbocycles. The van der Waals surface area contributed by atoms with Crippen molar-refractivity contribution in [2.24, 2.45) is 0 Å². The summed E-state index contributed by atoms with van der Waals surface area (Å²) in [5.74, 6) is 0.965. The van der Waals surface area contributed by atoms with E-state index in [1.165, 1.54) is 17.7 Å². The molecule has 0 aliphatic rings. The molecular weight excluding hydrogens is 392 g/mol. The third-order valence-corrected chi connectivity index (χ3v) is 4.62. The highest BCUT2D eigenvalue weighted by Gasteiger charge is 2.13. The van der Waals surface area contributed by atoms with Gasteiger partial charge >= 0.3 is 0 Å². The maximum Gasteiger partial charge on any atom is 0.269 e. The van der Waals surface area contributed by atoms with Gasteiger partial charge in [0.2, 0.25) is 0 Å². The van der Waals surface area contributed by atoms with Crippen molar-refractivity contribution in [3.05, 3.63) is 92.5 Å². The molecule has 0 aliphatic heterocycles. The van der Waals surface area contributed by atoms with Crippen LogP contribution in [0.2, 0.25) is 5.02 Å². The van der Waals surface area contributed by atoms with Crippen LogP contribution in [0.3, 0.4) is 0 Å². The number of methoxy groups -OCH3 is 1. The Labute approximate surface area is 174 Å². The molecule has 0 amide bonds. The minimum atomic E-state index is -0.436. The summed E-state index contributed by atoms with van der Waals surface area (Å²) < 4.78 is 11.3. The summed E-state index contributed by atoms with van der Waals surface area (Å²) in [6, 6.07) is 18.0. The molecule has 0 heterocycles. The molecule has 3 rings (SSSR count). The van der Waals surface area contributed by atoms with Crippen molar-refractivity contribution in [2.45, 2.75) is 20.1 Å². The summed E-state index contributed by atoms with van der Waals surface area (Å²) in [6.45, 7) is 2.85. The third-order valence-electron chi connectivity index (χ3n) is 4.33. The van der Waals surface area contributed by atoms with E-state index >= 15 is 0 Å². The first-order valence-electron chi connectivity index (χ1n) is 8.99. The van der Waals surface area contributed by atoms with Crippen LogP contribution in [0.4, 0.5) is 11.4 Å². The fourth-order valence-electron chi connectivity index (χ4n) is 2.84. The van der Waals surface area contributed by atoms with Gasteiger partial charge in [-0.2, -0.15) is 0 Å². The molecule has 0 bridgehead atoms. The van der Waals surface area contributed by atoms with Crippen LogP contribution in [-0.4, -0.2) is 12.0 Å². The fraction of sp³-hybridized carbons (Fsp3) is 0.182. The Balaban J connectivity index is 1.70. The number of aryl methyl sites for hydroxylation is 1. The minimum Gasteiger partial charge on any atom is -0.493 e. The number of halogens is 1. The molecule has 3 aromatic carbocycles. The summed E-state index contributed by atoms with van der Waals surface area (Å²) in [7, 11) is 1.56. The zero-order valence-electron chi connectivity index (χ0n) is 16.1. The molecular formula is C22H21ClN2O4. The molecule has 0 atom stereocenters. The molecule has 150 valence electrons. The van der Waals surface area contributed by atoms with Crippen molar-refractivity contribution in [1.82, 2.24) is 0 Å². The van der Waals surface area contributed by atoms with E-state index in [0.29, 0.717) is 23.1 Å². The Morgan fingerprint density at radius 1 is 1.07 bits per heavy atom. The lowest BCUT2D eigenvalue weighted by atomic mass is 10.1. The molecule has 7 heteroatoms. The van der Waals surface area contributed by atoms with E-state index in [2.05, 4.69) is 11.4 Å². The molecule has 29 heavy (non-hydrogen) atoms. The van der Waals surface area contributed by atoms with Crippen molar-refractivity contribution in [2.75, 3.05) is 12.4 Å². The van der Waals surface area contributed by atoms with Crippen LogP contribution in [0.5, 0.6) is 11.5 Å². The molecule has 0 spiro atoms. The van der Waals surface area contributed by atoms with Crippen LogP contribution in [-0.2, 0) is 13.2 Å². The van der Waals surface area contributed by atoms with Gasteiger partial charge in [0.15, 0.2) is 11.5 Å². The molecule has 0 aromatic heterocycles. The largest absolute Gasteiger partial charge is 0.493 e. The van der Waals surface area contributed by atoms with E-state index in [9.17, 15) is 10.1 Å². The Hall–Kier alpha value is -3.25. The first-order valence-corrected chi connectivity index (χ1v) is 9.37. The number of rotatable bonds is 8. The smallest absolute Gasteiger partial charge is 0.269 e. The zero-order chi connectivity index (χ0) is 20.8.